The normalized spacial score (nSPS) is 19.5. The molecule has 2 amide bonds. The standard InChI is InChI=1S/C24H28ClN3O4S/c1-16-24(10-12-27(13-11-24)17(2)29)20-14-18(8-9-22(20)28(16)33(3,31)32)23(30)26-15-19-6-4-5-7-21(19)25/h4-9,14,16H,10-13,15H2,1-3H3,(H,26,30). The fourth-order valence-electron chi connectivity index (χ4n) is 5.22. The maximum atomic E-state index is 13.0. The Kier molecular flexibility index (Phi) is 6.18. The van der Waals surface area contributed by atoms with Gasteiger partial charge in [0.2, 0.25) is 15.9 Å². The number of likely N-dealkylation sites (tertiary alicyclic amines) is 1. The Labute approximate surface area is 199 Å². The highest BCUT2D eigenvalue weighted by Crippen LogP contribution is 2.52. The Bertz CT molecular complexity index is 1210. The number of rotatable bonds is 4. The van der Waals surface area contributed by atoms with E-state index < -0.39 is 15.4 Å². The molecular weight excluding hydrogens is 462 g/mol. The van der Waals surface area contributed by atoms with Gasteiger partial charge in [-0.1, -0.05) is 29.8 Å². The highest BCUT2D eigenvalue weighted by atomic mass is 35.5. The molecule has 33 heavy (non-hydrogen) atoms. The molecule has 2 aromatic carbocycles. The molecular formula is C24H28ClN3O4S. The molecule has 0 aliphatic carbocycles. The number of halogens is 1. The zero-order valence-corrected chi connectivity index (χ0v) is 20.5. The fourth-order valence-corrected chi connectivity index (χ4v) is 6.71. The van der Waals surface area contributed by atoms with Crippen LogP contribution in [-0.2, 0) is 26.8 Å². The van der Waals surface area contributed by atoms with Crippen LogP contribution in [-0.4, -0.2) is 50.5 Å². The van der Waals surface area contributed by atoms with Crippen LogP contribution in [0.25, 0.3) is 0 Å². The zero-order valence-electron chi connectivity index (χ0n) is 19.0. The summed E-state index contributed by atoms with van der Waals surface area (Å²) in [5.41, 5.74) is 2.30. The molecule has 2 heterocycles. The third kappa shape index (κ3) is 4.22. The molecule has 1 fully saturated rings. The number of nitrogens with one attached hydrogen (secondary N) is 1. The number of benzene rings is 2. The van der Waals surface area contributed by atoms with Gasteiger partial charge in [-0.25, -0.2) is 8.42 Å². The van der Waals surface area contributed by atoms with Gasteiger partial charge in [0, 0.05) is 42.6 Å². The number of nitrogens with zero attached hydrogens (tertiary/aromatic N) is 2. The maximum absolute atomic E-state index is 13.0. The topological polar surface area (TPSA) is 86.8 Å². The van der Waals surface area contributed by atoms with Crippen molar-refractivity contribution in [1.29, 1.82) is 0 Å². The van der Waals surface area contributed by atoms with E-state index in [1.165, 1.54) is 10.6 Å². The van der Waals surface area contributed by atoms with Crippen molar-refractivity contribution >= 4 is 39.1 Å². The molecule has 0 bridgehead atoms. The van der Waals surface area contributed by atoms with Crippen LogP contribution < -0.4 is 9.62 Å². The quantitative estimate of drug-likeness (QED) is 0.713. The van der Waals surface area contributed by atoms with Crippen LogP contribution in [0.3, 0.4) is 0 Å². The Morgan fingerprint density at radius 3 is 2.42 bits per heavy atom. The molecule has 1 unspecified atom stereocenters. The second-order valence-electron chi connectivity index (χ2n) is 8.90. The van der Waals surface area contributed by atoms with Gasteiger partial charge in [0.15, 0.2) is 0 Å². The lowest BCUT2D eigenvalue weighted by Crippen LogP contribution is -2.52. The number of piperidine rings is 1. The van der Waals surface area contributed by atoms with Crippen molar-refractivity contribution in [1.82, 2.24) is 10.2 Å². The number of carbonyl (C=O) groups is 2. The molecule has 0 saturated carbocycles. The number of fused-ring (bicyclic) bond motifs is 2. The summed E-state index contributed by atoms with van der Waals surface area (Å²) in [5, 5.41) is 3.49. The minimum absolute atomic E-state index is 0.0170. The summed E-state index contributed by atoms with van der Waals surface area (Å²) in [6.45, 7) is 4.87. The summed E-state index contributed by atoms with van der Waals surface area (Å²) >= 11 is 6.19. The first-order valence-corrected chi connectivity index (χ1v) is 13.2. The number of hydrogen-bond acceptors (Lipinski definition) is 4. The molecule has 2 aromatic rings. The molecule has 9 heteroatoms. The van der Waals surface area contributed by atoms with Crippen molar-refractivity contribution in [3.8, 4) is 0 Å². The molecule has 1 N–H and O–H groups in total. The molecule has 4 rings (SSSR count). The van der Waals surface area contributed by atoms with E-state index in [0.717, 1.165) is 11.1 Å². The smallest absolute Gasteiger partial charge is 0.251 e. The van der Waals surface area contributed by atoms with Crippen molar-refractivity contribution in [3.05, 3.63) is 64.2 Å². The van der Waals surface area contributed by atoms with Gasteiger partial charge < -0.3 is 10.2 Å². The number of sulfonamides is 1. The van der Waals surface area contributed by atoms with E-state index in [1.807, 2.05) is 31.2 Å². The zero-order chi connectivity index (χ0) is 24.0. The molecule has 7 nitrogen and oxygen atoms in total. The van der Waals surface area contributed by atoms with Gasteiger partial charge in [-0.3, -0.25) is 13.9 Å². The monoisotopic (exact) mass is 489 g/mol. The summed E-state index contributed by atoms with van der Waals surface area (Å²) in [7, 11) is -3.52. The summed E-state index contributed by atoms with van der Waals surface area (Å²) in [6.07, 6.45) is 2.48. The van der Waals surface area contributed by atoms with Crippen LogP contribution in [0.5, 0.6) is 0 Å². The summed E-state index contributed by atoms with van der Waals surface area (Å²) in [5.74, 6) is -0.233. The van der Waals surface area contributed by atoms with E-state index in [2.05, 4.69) is 5.32 Å². The SMILES string of the molecule is CC(=O)N1CCC2(CC1)c1cc(C(=O)NCc3ccccc3Cl)ccc1N(S(C)(=O)=O)C2C. The van der Waals surface area contributed by atoms with Gasteiger partial charge in [-0.2, -0.15) is 0 Å². The lowest BCUT2D eigenvalue weighted by atomic mass is 9.70. The van der Waals surface area contributed by atoms with Crippen LogP contribution in [0.15, 0.2) is 42.5 Å². The third-order valence-corrected chi connectivity index (χ3v) is 8.64. The van der Waals surface area contributed by atoms with Gasteiger partial charge in [0.25, 0.3) is 5.91 Å². The number of anilines is 1. The highest BCUT2D eigenvalue weighted by Gasteiger charge is 2.52. The van der Waals surface area contributed by atoms with Crippen molar-refractivity contribution in [2.24, 2.45) is 0 Å². The van der Waals surface area contributed by atoms with Gasteiger partial charge in [0.05, 0.1) is 18.0 Å². The first kappa shape index (κ1) is 23.6. The van der Waals surface area contributed by atoms with Crippen LogP contribution >= 0.6 is 11.6 Å². The van der Waals surface area contributed by atoms with E-state index in [9.17, 15) is 18.0 Å². The van der Waals surface area contributed by atoms with E-state index >= 15 is 0 Å². The van der Waals surface area contributed by atoms with Crippen LogP contribution in [0.1, 0.15) is 48.2 Å². The first-order chi connectivity index (χ1) is 15.5. The molecule has 1 spiro atoms. The van der Waals surface area contributed by atoms with Crippen molar-refractivity contribution in [3.63, 3.8) is 0 Å². The van der Waals surface area contributed by atoms with E-state index in [1.54, 1.807) is 30.0 Å². The molecule has 1 atom stereocenters. The molecule has 0 radical (unpaired) electrons. The second-order valence-corrected chi connectivity index (χ2v) is 11.2. The van der Waals surface area contributed by atoms with Crippen LogP contribution in [0.4, 0.5) is 5.69 Å². The van der Waals surface area contributed by atoms with E-state index in [0.29, 0.717) is 48.7 Å². The lowest BCUT2D eigenvalue weighted by molar-refractivity contribution is -0.130. The Morgan fingerprint density at radius 2 is 1.82 bits per heavy atom. The molecule has 176 valence electrons. The number of hydrogen-bond donors (Lipinski definition) is 1. The fraction of sp³-hybridized carbons (Fsp3) is 0.417. The molecule has 0 aromatic heterocycles. The summed E-state index contributed by atoms with van der Waals surface area (Å²) < 4.78 is 26.8. The van der Waals surface area contributed by atoms with Crippen LogP contribution in [0.2, 0.25) is 5.02 Å². The predicted molar refractivity (Wildman–Crippen MR) is 129 cm³/mol. The van der Waals surface area contributed by atoms with E-state index in [4.69, 9.17) is 11.6 Å². The first-order valence-electron chi connectivity index (χ1n) is 11.0. The Morgan fingerprint density at radius 1 is 1.15 bits per heavy atom. The lowest BCUT2D eigenvalue weighted by Gasteiger charge is -2.43. The van der Waals surface area contributed by atoms with Crippen molar-refractivity contribution < 1.29 is 18.0 Å². The van der Waals surface area contributed by atoms with E-state index in [-0.39, 0.29) is 17.9 Å². The van der Waals surface area contributed by atoms with Gasteiger partial charge in [-0.15, -0.1) is 0 Å². The average molecular weight is 490 g/mol. The minimum Gasteiger partial charge on any atom is -0.348 e. The van der Waals surface area contributed by atoms with Gasteiger partial charge in [0.1, 0.15) is 0 Å². The van der Waals surface area contributed by atoms with Crippen molar-refractivity contribution in [2.45, 2.75) is 44.7 Å². The largest absolute Gasteiger partial charge is 0.348 e. The number of amides is 2. The summed E-state index contributed by atoms with van der Waals surface area (Å²) in [4.78, 5) is 26.6. The summed E-state index contributed by atoms with van der Waals surface area (Å²) in [6, 6.07) is 12.2. The predicted octanol–water partition coefficient (Wildman–Crippen LogP) is 3.32. The molecule has 1 saturated heterocycles. The number of carbonyl (C=O) groups excluding carboxylic acids is 2. The van der Waals surface area contributed by atoms with Crippen LogP contribution in [0, 0.1) is 0 Å². The third-order valence-electron chi connectivity index (χ3n) is 7.04. The average Bonchev–Trinajstić information content (AvgIpc) is 3.00. The van der Waals surface area contributed by atoms with Crippen molar-refractivity contribution in [2.75, 3.05) is 23.7 Å². The molecule has 2 aliphatic rings. The Balaban J connectivity index is 1.67. The Hall–Kier alpha value is -2.58. The van der Waals surface area contributed by atoms with Gasteiger partial charge >= 0.3 is 0 Å². The highest BCUT2D eigenvalue weighted by molar-refractivity contribution is 7.92. The molecule has 2 aliphatic heterocycles. The maximum Gasteiger partial charge on any atom is 0.251 e. The van der Waals surface area contributed by atoms with Gasteiger partial charge in [-0.05, 0) is 55.2 Å². The second kappa shape index (κ2) is 8.65. The minimum atomic E-state index is -3.52.